The number of nitrogens with zero attached hydrogens (tertiary/aromatic N) is 1. The maximum absolute atomic E-state index is 12.2. The summed E-state index contributed by atoms with van der Waals surface area (Å²) >= 11 is 0. The van der Waals surface area contributed by atoms with Crippen LogP contribution < -0.4 is 0 Å². The van der Waals surface area contributed by atoms with E-state index in [1.54, 1.807) is 0 Å². The maximum Gasteiger partial charge on any atom is 0.157 e. The third-order valence-corrected chi connectivity index (χ3v) is 7.55. The summed E-state index contributed by atoms with van der Waals surface area (Å²) in [5.74, 6) is 0.335. The predicted molar refractivity (Wildman–Crippen MR) is 74.8 cm³/mol. The van der Waals surface area contributed by atoms with Gasteiger partial charge in [0.05, 0.1) is 16.5 Å². The second-order valence-corrected chi connectivity index (χ2v) is 8.29. The number of rotatable bonds is 1. The molecule has 2 saturated heterocycles. The van der Waals surface area contributed by atoms with Gasteiger partial charge in [-0.2, -0.15) is 0 Å². The van der Waals surface area contributed by atoms with Crippen molar-refractivity contribution in [3.8, 4) is 0 Å². The van der Waals surface area contributed by atoms with E-state index in [0.29, 0.717) is 5.75 Å². The fourth-order valence-corrected chi connectivity index (χ4v) is 6.88. The molecular weight excluding hydrogens is 258 g/mol. The van der Waals surface area contributed by atoms with Crippen LogP contribution in [0.4, 0.5) is 0 Å². The van der Waals surface area contributed by atoms with Gasteiger partial charge < -0.3 is 0 Å². The van der Waals surface area contributed by atoms with Crippen molar-refractivity contribution in [3.63, 3.8) is 0 Å². The fourth-order valence-electron chi connectivity index (χ4n) is 4.40. The first-order valence-electron chi connectivity index (χ1n) is 7.20. The van der Waals surface area contributed by atoms with Gasteiger partial charge in [0.2, 0.25) is 0 Å². The van der Waals surface area contributed by atoms with Crippen molar-refractivity contribution >= 4 is 9.84 Å². The topological polar surface area (TPSA) is 37.4 Å². The fraction of sp³-hybridized carbons (Fsp3) is 0.600. The number of aryl methyl sites for hydroxylation is 1. The Labute approximate surface area is 114 Å². The van der Waals surface area contributed by atoms with E-state index in [2.05, 4.69) is 29.2 Å². The highest BCUT2D eigenvalue weighted by atomic mass is 32.2. The molecule has 2 fully saturated rings. The van der Waals surface area contributed by atoms with E-state index in [4.69, 9.17) is 0 Å². The SMILES string of the molecule is O=S1(=O)C[C@]2(N3CCCC3)c3ccccc3CC[C@@H]21. The Kier molecular flexibility index (Phi) is 2.40. The van der Waals surface area contributed by atoms with Crippen molar-refractivity contribution in [2.24, 2.45) is 0 Å². The molecule has 19 heavy (non-hydrogen) atoms. The maximum atomic E-state index is 12.2. The molecule has 0 bridgehead atoms. The van der Waals surface area contributed by atoms with Crippen LogP contribution in [0.25, 0.3) is 0 Å². The van der Waals surface area contributed by atoms with Gasteiger partial charge in [0.1, 0.15) is 0 Å². The van der Waals surface area contributed by atoms with Gasteiger partial charge in [-0.25, -0.2) is 8.42 Å². The molecule has 0 radical (unpaired) electrons. The van der Waals surface area contributed by atoms with Crippen molar-refractivity contribution in [2.45, 2.75) is 36.5 Å². The lowest BCUT2D eigenvalue weighted by atomic mass is 9.75. The van der Waals surface area contributed by atoms with Crippen molar-refractivity contribution in [3.05, 3.63) is 35.4 Å². The van der Waals surface area contributed by atoms with Gasteiger partial charge >= 0.3 is 0 Å². The first-order chi connectivity index (χ1) is 9.14. The average molecular weight is 277 g/mol. The summed E-state index contributed by atoms with van der Waals surface area (Å²) in [4.78, 5) is 2.46. The van der Waals surface area contributed by atoms with E-state index < -0.39 is 9.84 Å². The van der Waals surface area contributed by atoms with Crippen LogP contribution in [0.15, 0.2) is 24.3 Å². The van der Waals surface area contributed by atoms with Crippen LogP contribution in [0.1, 0.15) is 30.4 Å². The van der Waals surface area contributed by atoms with Crippen LogP contribution in [0.2, 0.25) is 0 Å². The van der Waals surface area contributed by atoms with Crippen LogP contribution in [0.3, 0.4) is 0 Å². The van der Waals surface area contributed by atoms with E-state index in [9.17, 15) is 8.42 Å². The molecule has 0 amide bonds. The molecule has 3 aliphatic rings. The molecule has 3 nitrogen and oxygen atoms in total. The van der Waals surface area contributed by atoms with Gasteiger partial charge in [-0.05, 0) is 49.9 Å². The molecule has 0 spiro atoms. The zero-order valence-corrected chi connectivity index (χ0v) is 11.8. The Morgan fingerprint density at radius 2 is 1.89 bits per heavy atom. The van der Waals surface area contributed by atoms with Gasteiger partial charge in [0, 0.05) is 0 Å². The first kappa shape index (κ1) is 11.9. The van der Waals surface area contributed by atoms with Crippen LogP contribution in [0.5, 0.6) is 0 Å². The predicted octanol–water partition coefficient (Wildman–Crippen LogP) is 1.72. The minimum Gasteiger partial charge on any atom is -0.292 e. The molecule has 1 aromatic carbocycles. The molecule has 1 aliphatic carbocycles. The second-order valence-electron chi connectivity index (χ2n) is 6.11. The summed E-state index contributed by atoms with van der Waals surface area (Å²) in [5, 5.41) is -0.159. The molecule has 1 aromatic rings. The lowest BCUT2D eigenvalue weighted by Crippen LogP contribution is -2.70. The molecular formula is C15H19NO2S. The summed E-state index contributed by atoms with van der Waals surface area (Å²) in [7, 11) is -2.86. The van der Waals surface area contributed by atoms with Gasteiger partial charge in [-0.3, -0.25) is 4.90 Å². The minimum atomic E-state index is -2.86. The quantitative estimate of drug-likeness (QED) is 0.784. The first-order valence-corrected chi connectivity index (χ1v) is 8.91. The van der Waals surface area contributed by atoms with Crippen molar-refractivity contribution in [1.82, 2.24) is 4.90 Å². The van der Waals surface area contributed by atoms with Crippen molar-refractivity contribution in [2.75, 3.05) is 18.8 Å². The minimum absolute atomic E-state index is 0.159. The summed E-state index contributed by atoms with van der Waals surface area (Å²) in [6.45, 7) is 2.11. The highest BCUT2D eigenvalue weighted by Gasteiger charge is 2.63. The number of hydrogen-bond donors (Lipinski definition) is 0. The summed E-state index contributed by atoms with van der Waals surface area (Å²) in [6, 6.07) is 8.47. The lowest BCUT2D eigenvalue weighted by Gasteiger charge is -2.57. The van der Waals surface area contributed by atoms with Crippen molar-refractivity contribution in [1.29, 1.82) is 0 Å². The summed E-state index contributed by atoms with van der Waals surface area (Å²) in [6.07, 6.45) is 4.12. The highest BCUT2D eigenvalue weighted by molar-refractivity contribution is 7.93. The van der Waals surface area contributed by atoms with E-state index in [1.165, 1.54) is 24.0 Å². The number of hydrogen-bond acceptors (Lipinski definition) is 3. The Morgan fingerprint density at radius 1 is 1.16 bits per heavy atom. The standard InChI is InChI=1S/C15H19NO2S/c17-19(18)11-15(16-9-3-4-10-16)13-6-2-1-5-12(13)7-8-14(15)19/h1-2,5-6,14H,3-4,7-11H2/t14-,15-/m0/s1. The monoisotopic (exact) mass is 277 g/mol. The molecule has 4 heteroatoms. The molecule has 0 saturated carbocycles. The van der Waals surface area contributed by atoms with E-state index in [1.807, 2.05) is 0 Å². The van der Waals surface area contributed by atoms with Crippen LogP contribution in [-0.2, 0) is 21.8 Å². The third kappa shape index (κ3) is 1.44. The molecule has 0 unspecified atom stereocenters. The zero-order chi connectivity index (χ0) is 13.1. The summed E-state index contributed by atoms with van der Waals surface area (Å²) in [5.41, 5.74) is 2.47. The van der Waals surface area contributed by atoms with Gasteiger partial charge in [0.25, 0.3) is 0 Å². The smallest absolute Gasteiger partial charge is 0.157 e. The van der Waals surface area contributed by atoms with Crippen LogP contribution in [0, 0.1) is 0 Å². The van der Waals surface area contributed by atoms with Crippen LogP contribution >= 0.6 is 0 Å². The van der Waals surface area contributed by atoms with E-state index in [-0.39, 0.29) is 10.8 Å². The Bertz CT molecular complexity index is 619. The molecule has 2 aliphatic heterocycles. The number of benzene rings is 1. The third-order valence-electron chi connectivity index (χ3n) is 5.22. The van der Waals surface area contributed by atoms with Gasteiger partial charge in [-0.15, -0.1) is 0 Å². The molecule has 4 rings (SSSR count). The number of sulfone groups is 1. The van der Waals surface area contributed by atoms with Gasteiger partial charge in [0.15, 0.2) is 9.84 Å². The Hall–Kier alpha value is -0.870. The summed E-state index contributed by atoms with van der Waals surface area (Å²) < 4.78 is 24.4. The average Bonchev–Trinajstić information content (AvgIpc) is 2.91. The van der Waals surface area contributed by atoms with Crippen LogP contribution in [-0.4, -0.2) is 37.4 Å². The normalized spacial score (nSPS) is 36.3. The number of fused-ring (bicyclic) bond motifs is 3. The lowest BCUT2D eigenvalue weighted by molar-refractivity contribution is 0.0990. The highest BCUT2D eigenvalue weighted by Crippen LogP contribution is 2.52. The zero-order valence-electron chi connectivity index (χ0n) is 11.0. The van der Waals surface area contributed by atoms with Gasteiger partial charge in [-0.1, -0.05) is 24.3 Å². The number of likely N-dealkylation sites (tertiary alicyclic amines) is 1. The second kappa shape index (κ2) is 3.83. The molecule has 2 atom stereocenters. The van der Waals surface area contributed by atoms with E-state index >= 15 is 0 Å². The largest absolute Gasteiger partial charge is 0.292 e. The Balaban J connectivity index is 1.89. The molecule has 0 aromatic heterocycles. The van der Waals surface area contributed by atoms with Crippen molar-refractivity contribution < 1.29 is 8.42 Å². The molecule has 102 valence electrons. The molecule has 2 heterocycles. The molecule has 0 N–H and O–H groups in total. The van der Waals surface area contributed by atoms with E-state index in [0.717, 1.165) is 25.9 Å². The Morgan fingerprint density at radius 3 is 2.63 bits per heavy atom.